The van der Waals surface area contributed by atoms with E-state index in [0.29, 0.717) is 22.5 Å². The normalized spacial score (nSPS) is 11.0. The molecule has 0 radical (unpaired) electrons. The van der Waals surface area contributed by atoms with E-state index in [0.717, 1.165) is 43.6 Å². The van der Waals surface area contributed by atoms with Gasteiger partial charge in [-0.2, -0.15) is 10.5 Å². The van der Waals surface area contributed by atoms with E-state index in [2.05, 4.69) is 34.0 Å². The third-order valence-electron chi connectivity index (χ3n) is 8.68. The Morgan fingerprint density at radius 2 is 0.935 bits per heavy atom. The van der Waals surface area contributed by atoms with Gasteiger partial charge in [0.1, 0.15) is 12.1 Å². The molecule has 6 aromatic carbocycles. The molecule has 0 amide bonds. The highest BCUT2D eigenvalue weighted by atomic mass is 15.0. The molecule has 2 heterocycles. The third kappa shape index (κ3) is 3.60. The number of rotatable bonds is 3. The predicted molar refractivity (Wildman–Crippen MR) is 183 cm³/mol. The van der Waals surface area contributed by atoms with Crippen LogP contribution in [0, 0.1) is 35.8 Å². The van der Waals surface area contributed by atoms with Crippen LogP contribution in [0.4, 0.5) is 11.4 Å². The molecule has 6 nitrogen and oxygen atoms in total. The van der Waals surface area contributed by atoms with Crippen LogP contribution in [0.2, 0.25) is 0 Å². The highest BCUT2D eigenvalue weighted by Crippen LogP contribution is 2.46. The van der Waals surface area contributed by atoms with Gasteiger partial charge in [-0.15, -0.1) is 0 Å². The lowest BCUT2D eigenvalue weighted by molar-refractivity contribution is 1.16. The summed E-state index contributed by atoms with van der Waals surface area (Å²) in [4.78, 5) is 7.58. The van der Waals surface area contributed by atoms with Crippen molar-refractivity contribution in [1.29, 1.82) is 10.5 Å². The second kappa shape index (κ2) is 10.3. The number of benzene rings is 6. The zero-order chi connectivity index (χ0) is 31.4. The lowest BCUT2D eigenvalue weighted by Gasteiger charge is -2.19. The molecule has 0 aliphatic heterocycles. The largest absolute Gasteiger partial charge is 0.320 e. The van der Waals surface area contributed by atoms with Crippen molar-refractivity contribution >= 4 is 55.0 Å². The smallest absolute Gasteiger partial charge is 0.218 e. The van der Waals surface area contributed by atoms with Gasteiger partial charge in [-0.05, 0) is 35.9 Å². The van der Waals surface area contributed by atoms with Crippen LogP contribution in [-0.2, 0) is 0 Å². The minimum atomic E-state index is 0.188. The van der Waals surface area contributed by atoms with Gasteiger partial charge >= 0.3 is 0 Å². The van der Waals surface area contributed by atoms with E-state index >= 15 is 0 Å². The molecule has 0 fully saturated rings. The first-order valence-corrected chi connectivity index (χ1v) is 14.6. The highest BCUT2D eigenvalue weighted by molar-refractivity contribution is 6.12. The molecule has 0 aliphatic rings. The molecular weight excluding hydrogens is 564 g/mol. The summed E-state index contributed by atoms with van der Waals surface area (Å²) in [6, 6.07) is 43.8. The Labute approximate surface area is 264 Å². The first-order chi connectivity index (χ1) is 22.7. The summed E-state index contributed by atoms with van der Waals surface area (Å²) in [5, 5.41) is 25.5. The van der Waals surface area contributed by atoms with E-state index in [1.807, 2.05) is 106 Å². The molecule has 0 unspecified atom stereocenters. The summed E-state index contributed by atoms with van der Waals surface area (Å²) < 4.78 is 4.05. The summed E-state index contributed by atoms with van der Waals surface area (Å²) in [6.45, 7) is 16.1. The fourth-order valence-corrected chi connectivity index (χ4v) is 6.79. The summed E-state index contributed by atoms with van der Waals surface area (Å²) in [6.07, 6.45) is 0. The van der Waals surface area contributed by atoms with E-state index in [1.165, 1.54) is 0 Å². The first kappa shape index (κ1) is 26.5. The Balaban J connectivity index is 1.49. The van der Waals surface area contributed by atoms with Gasteiger partial charge in [0, 0.05) is 32.8 Å². The Hall–Kier alpha value is -7.12. The molecular formula is C40H20N6. The summed E-state index contributed by atoms with van der Waals surface area (Å²) >= 11 is 0. The molecule has 0 saturated heterocycles. The molecule has 0 N–H and O–H groups in total. The van der Waals surface area contributed by atoms with Gasteiger partial charge in [0.2, 0.25) is 5.69 Å². The van der Waals surface area contributed by atoms with Crippen LogP contribution < -0.4 is 0 Å². The summed E-state index contributed by atoms with van der Waals surface area (Å²) in [5.74, 6) is 0. The molecule has 0 bridgehead atoms. The van der Waals surface area contributed by atoms with Crippen LogP contribution >= 0.6 is 0 Å². The molecule has 8 rings (SSSR count). The van der Waals surface area contributed by atoms with Crippen molar-refractivity contribution in [1.82, 2.24) is 9.13 Å². The first-order valence-electron chi connectivity index (χ1n) is 14.6. The second-order valence-corrected chi connectivity index (χ2v) is 10.9. The van der Waals surface area contributed by atoms with Crippen LogP contribution in [0.5, 0.6) is 0 Å². The fourth-order valence-electron chi connectivity index (χ4n) is 6.79. The number of hydrogen-bond donors (Lipinski definition) is 0. The topological polar surface area (TPSA) is 66.2 Å². The maximum Gasteiger partial charge on any atom is 0.218 e. The van der Waals surface area contributed by atoms with Crippen molar-refractivity contribution in [3.05, 3.63) is 155 Å². The number of nitriles is 2. The van der Waals surface area contributed by atoms with Gasteiger partial charge in [0.05, 0.1) is 52.0 Å². The molecule has 2 aromatic heterocycles. The Bertz CT molecular complexity index is 2640. The van der Waals surface area contributed by atoms with Crippen molar-refractivity contribution in [2.75, 3.05) is 0 Å². The fraction of sp³-hybridized carbons (Fsp3) is 0. The maximum absolute atomic E-state index is 10.7. The van der Waals surface area contributed by atoms with Crippen LogP contribution in [0.1, 0.15) is 11.1 Å². The lowest BCUT2D eigenvalue weighted by atomic mass is 9.93. The van der Waals surface area contributed by atoms with Gasteiger partial charge in [-0.25, -0.2) is 4.85 Å². The average molecular weight is 585 g/mol. The number of aromatic nitrogens is 2. The van der Waals surface area contributed by atoms with Gasteiger partial charge in [-0.3, -0.25) is 4.85 Å². The Morgan fingerprint density at radius 3 is 1.39 bits per heavy atom. The lowest BCUT2D eigenvalue weighted by Crippen LogP contribution is -2.03. The van der Waals surface area contributed by atoms with Crippen molar-refractivity contribution < 1.29 is 0 Å². The van der Waals surface area contributed by atoms with Crippen LogP contribution in [0.15, 0.2) is 121 Å². The van der Waals surface area contributed by atoms with Gasteiger partial charge in [0.15, 0.2) is 5.69 Å². The Morgan fingerprint density at radius 1 is 0.478 bits per heavy atom. The van der Waals surface area contributed by atoms with E-state index < -0.39 is 0 Å². The maximum atomic E-state index is 10.7. The monoisotopic (exact) mass is 584 g/mol. The zero-order valence-corrected chi connectivity index (χ0v) is 24.2. The predicted octanol–water partition coefficient (Wildman–Crippen LogP) is 10.4. The van der Waals surface area contributed by atoms with Crippen molar-refractivity contribution in [3.8, 4) is 34.6 Å². The van der Waals surface area contributed by atoms with Crippen LogP contribution in [0.3, 0.4) is 0 Å². The number of nitrogens with zero attached hydrogens (tertiary/aromatic N) is 6. The molecule has 0 aliphatic carbocycles. The van der Waals surface area contributed by atoms with Gasteiger partial charge < -0.3 is 9.13 Å². The van der Waals surface area contributed by atoms with Crippen molar-refractivity contribution in [2.24, 2.45) is 0 Å². The standard InChI is InChI=1S/C40H20N6/c1-43-33-21-19-30(40(39(33)44-2)46-36-17-9-5-13-28(36)29-14-6-10-18-37(29)46)25-20-22-38(32(24-42)31(25)23-41)45-34-15-7-3-11-26(34)27-12-4-8-16-35(27)45/h3-22H. The minimum Gasteiger partial charge on any atom is -0.320 e. The molecule has 210 valence electrons. The number of para-hydroxylation sites is 4. The molecule has 6 heteroatoms. The van der Waals surface area contributed by atoms with E-state index in [9.17, 15) is 10.5 Å². The van der Waals surface area contributed by atoms with Crippen molar-refractivity contribution in [2.45, 2.75) is 0 Å². The van der Waals surface area contributed by atoms with Crippen molar-refractivity contribution in [3.63, 3.8) is 0 Å². The van der Waals surface area contributed by atoms with E-state index in [1.54, 1.807) is 12.1 Å². The van der Waals surface area contributed by atoms with E-state index in [4.69, 9.17) is 13.1 Å². The molecule has 0 atom stereocenters. The molecule has 0 spiro atoms. The third-order valence-corrected chi connectivity index (χ3v) is 8.68. The molecule has 46 heavy (non-hydrogen) atoms. The van der Waals surface area contributed by atoms with E-state index in [-0.39, 0.29) is 22.5 Å². The highest BCUT2D eigenvalue weighted by Gasteiger charge is 2.25. The van der Waals surface area contributed by atoms with Gasteiger partial charge in [0.25, 0.3) is 0 Å². The van der Waals surface area contributed by atoms with Crippen LogP contribution in [0.25, 0.3) is 75.8 Å². The number of fused-ring (bicyclic) bond motifs is 6. The molecule has 0 saturated carbocycles. The second-order valence-electron chi connectivity index (χ2n) is 10.9. The Kier molecular flexibility index (Phi) is 5.91. The summed E-state index contributed by atoms with van der Waals surface area (Å²) in [5.41, 5.74) is 6.66. The quantitative estimate of drug-likeness (QED) is 0.194. The van der Waals surface area contributed by atoms with Gasteiger partial charge in [-0.1, -0.05) is 91.0 Å². The minimum absolute atomic E-state index is 0.188. The number of hydrogen-bond acceptors (Lipinski definition) is 2. The van der Waals surface area contributed by atoms with Crippen LogP contribution in [-0.4, -0.2) is 9.13 Å². The average Bonchev–Trinajstić information content (AvgIpc) is 3.63. The SMILES string of the molecule is [C-]#[N+]c1ccc(-c2ccc(-n3c4ccccc4c4ccccc43)c(C#N)c2C#N)c(-n2c3ccccc3c3ccccc32)c1[N+]#[C-]. The zero-order valence-electron chi connectivity index (χ0n) is 24.2. The molecule has 8 aromatic rings. The summed E-state index contributed by atoms with van der Waals surface area (Å²) in [7, 11) is 0.